The zero-order valence-electron chi connectivity index (χ0n) is 24.1. The van der Waals surface area contributed by atoms with Crippen molar-refractivity contribution in [3.8, 4) is 28.5 Å². The maximum Gasteiger partial charge on any atom is 0.444 e. The van der Waals surface area contributed by atoms with E-state index in [0.717, 1.165) is 21.3 Å². The van der Waals surface area contributed by atoms with Crippen LogP contribution in [0, 0.1) is 0 Å². The molecular weight excluding hydrogens is 572 g/mol. The number of hydrogen-bond donors (Lipinski definition) is 0. The van der Waals surface area contributed by atoms with Crippen LogP contribution in [0.25, 0.3) is 33.5 Å². The standard InChI is InChI=1S/C31H28N4O9/c1-4-40-30-32-26-11-7-10-25(29(38)43-18-42-20(3)37)27(26)34(30)16-21-12-14-22(15-13-21)23-8-5-6-9-24(23)28-33-44-31(39)35(28)17-41-19(2)36/h5-15H,4,16-18H2,1-3H3. The number of esters is 3. The van der Waals surface area contributed by atoms with Gasteiger partial charge in [-0.3, -0.25) is 18.7 Å². The third-order valence-electron chi connectivity index (χ3n) is 6.53. The van der Waals surface area contributed by atoms with Crippen molar-refractivity contribution in [1.82, 2.24) is 19.3 Å². The van der Waals surface area contributed by atoms with Crippen LogP contribution in [0.5, 0.6) is 6.01 Å². The molecule has 13 heteroatoms. The second-order valence-electron chi connectivity index (χ2n) is 9.48. The molecule has 0 aliphatic carbocycles. The predicted molar refractivity (Wildman–Crippen MR) is 155 cm³/mol. The van der Waals surface area contributed by atoms with Gasteiger partial charge < -0.3 is 18.9 Å². The Morgan fingerprint density at radius 3 is 2.27 bits per heavy atom. The summed E-state index contributed by atoms with van der Waals surface area (Å²) in [4.78, 5) is 52.2. The van der Waals surface area contributed by atoms with Crippen LogP contribution in [0.4, 0.5) is 0 Å². The molecule has 0 spiro atoms. The van der Waals surface area contributed by atoms with Gasteiger partial charge in [0.1, 0.15) is 0 Å². The van der Waals surface area contributed by atoms with Crippen LogP contribution in [-0.2, 0) is 37.1 Å². The maximum absolute atomic E-state index is 12.9. The number of ether oxygens (including phenoxy) is 4. The molecule has 2 heterocycles. The van der Waals surface area contributed by atoms with Crippen molar-refractivity contribution in [1.29, 1.82) is 0 Å². The Labute approximate surface area is 250 Å². The van der Waals surface area contributed by atoms with Gasteiger partial charge in [0, 0.05) is 19.4 Å². The molecule has 0 unspecified atom stereocenters. The number of hydrogen-bond acceptors (Lipinski definition) is 11. The van der Waals surface area contributed by atoms with Gasteiger partial charge >= 0.3 is 23.7 Å². The monoisotopic (exact) mass is 600 g/mol. The number of carbonyl (C=O) groups is 3. The van der Waals surface area contributed by atoms with E-state index in [2.05, 4.69) is 10.1 Å². The number of aromatic nitrogens is 4. The van der Waals surface area contributed by atoms with Crippen LogP contribution in [0.3, 0.4) is 0 Å². The Morgan fingerprint density at radius 1 is 0.841 bits per heavy atom. The molecule has 5 aromatic rings. The lowest BCUT2D eigenvalue weighted by molar-refractivity contribution is -0.149. The first kappa shape index (κ1) is 29.8. The molecular formula is C31H28N4O9. The minimum absolute atomic E-state index is 0.218. The van der Waals surface area contributed by atoms with Crippen molar-refractivity contribution in [3.63, 3.8) is 0 Å². The van der Waals surface area contributed by atoms with Crippen molar-refractivity contribution in [2.75, 3.05) is 13.4 Å². The molecule has 0 fully saturated rings. The summed E-state index contributed by atoms with van der Waals surface area (Å²) < 4.78 is 28.5. The fourth-order valence-electron chi connectivity index (χ4n) is 4.59. The largest absolute Gasteiger partial charge is 0.465 e. The minimum Gasteiger partial charge on any atom is -0.465 e. The Balaban J connectivity index is 1.47. The number of benzene rings is 3. The van der Waals surface area contributed by atoms with Crippen LogP contribution < -0.4 is 10.5 Å². The SMILES string of the molecule is CCOc1nc2cccc(C(=O)OCOC(C)=O)c2n1Cc1ccc(-c2ccccc2-c2noc(=O)n2COC(C)=O)cc1. The van der Waals surface area contributed by atoms with Crippen LogP contribution >= 0.6 is 0 Å². The molecule has 0 saturated carbocycles. The molecule has 0 atom stereocenters. The molecule has 2 aromatic heterocycles. The summed E-state index contributed by atoms with van der Waals surface area (Å²) in [5.41, 5.74) is 4.37. The summed E-state index contributed by atoms with van der Waals surface area (Å²) in [6.07, 6.45) is 0. The molecule has 0 radical (unpaired) electrons. The zero-order valence-corrected chi connectivity index (χ0v) is 24.1. The Bertz CT molecular complexity index is 1890. The second kappa shape index (κ2) is 13.1. The first-order valence-electron chi connectivity index (χ1n) is 13.6. The van der Waals surface area contributed by atoms with Gasteiger partial charge in [-0.15, -0.1) is 0 Å². The number of para-hydroxylation sites is 1. The van der Waals surface area contributed by atoms with E-state index in [9.17, 15) is 19.2 Å². The summed E-state index contributed by atoms with van der Waals surface area (Å²) >= 11 is 0. The predicted octanol–water partition coefficient (Wildman–Crippen LogP) is 4.17. The normalized spacial score (nSPS) is 10.9. The first-order chi connectivity index (χ1) is 21.3. The summed E-state index contributed by atoms with van der Waals surface area (Å²) in [7, 11) is 0. The summed E-state index contributed by atoms with van der Waals surface area (Å²) in [6.45, 7) is 4.14. The molecule has 0 amide bonds. The van der Waals surface area contributed by atoms with E-state index in [4.69, 9.17) is 23.5 Å². The zero-order chi connectivity index (χ0) is 31.2. The van der Waals surface area contributed by atoms with Gasteiger partial charge in [-0.2, -0.15) is 4.98 Å². The fraction of sp³-hybridized carbons (Fsp3) is 0.226. The van der Waals surface area contributed by atoms with Crippen LogP contribution in [0.1, 0.15) is 36.7 Å². The smallest absolute Gasteiger partial charge is 0.444 e. The van der Waals surface area contributed by atoms with Crippen molar-refractivity contribution in [3.05, 3.63) is 88.4 Å². The van der Waals surface area contributed by atoms with Gasteiger partial charge in [0.25, 0.3) is 6.01 Å². The quantitative estimate of drug-likeness (QED) is 0.159. The van der Waals surface area contributed by atoms with Crippen molar-refractivity contribution in [2.24, 2.45) is 0 Å². The van der Waals surface area contributed by atoms with Crippen LogP contribution in [-0.4, -0.2) is 50.6 Å². The van der Waals surface area contributed by atoms with Crippen molar-refractivity contribution < 1.29 is 37.9 Å². The van der Waals surface area contributed by atoms with E-state index in [1.807, 2.05) is 43.3 Å². The first-order valence-corrected chi connectivity index (χ1v) is 13.6. The lowest BCUT2D eigenvalue weighted by Gasteiger charge is -2.13. The number of carbonyl (C=O) groups excluding carboxylic acids is 3. The fourth-order valence-corrected chi connectivity index (χ4v) is 4.59. The highest BCUT2D eigenvalue weighted by Crippen LogP contribution is 2.32. The molecule has 0 bridgehead atoms. The van der Waals surface area contributed by atoms with Crippen LogP contribution in [0.15, 0.2) is 76.0 Å². The second-order valence-corrected chi connectivity index (χ2v) is 9.48. The third-order valence-corrected chi connectivity index (χ3v) is 6.53. The Morgan fingerprint density at radius 2 is 1.57 bits per heavy atom. The number of nitrogens with zero attached hydrogens (tertiary/aromatic N) is 4. The molecule has 13 nitrogen and oxygen atoms in total. The number of rotatable bonds is 11. The van der Waals surface area contributed by atoms with E-state index in [1.165, 1.54) is 13.8 Å². The molecule has 226 valence electrons. The van der Waals surface area contributed by atoms with Gasteiger partial charge in [-0.1, -0.05) is 59.8 Å². The maximum atomic E-state index is 12.9. The van der Waals surface area contributed by atoms with Gasteiger partial charge in [0.15, 0.2) is 12.6 Å². The molecule has 0 saturated heterocycles. The minimum atomic E-state index is -0.751. The van der Waals surface area contributed by atoms with Crippen molar-refractivity contribution >= 4 is 28.9 Å². The van der Waals surface area contributed by atoms with Gasteiger partial charge in [0.2, 0.25) is 6.79 Å². The lowest BCUT2D eigenvalue weighted by atomic mass is 9.98. The molecule has 5 rings (SSSR count). The average molecular weight is 601 g/mol. The van der Waals surface area contributed by atoms with E-state index in [0.29, 0.717) is 35.8 Å². The molecule has 0 N–H and O–H groups in total. The highest BCUT2D eigenvalue weighted by molar-refractivity contribution is 6.02. The Hall–Kier alpha value is -5.72. The Kier molecular flexibility index (Phi) is 8.84. The lowest BCUT2D eigenvalue weighted by Crippen LogP contribution is -2.18. The molecule has 0 aliphatic rings. The summed E-state index contributed by atoms with van der Waals surface area (Å²) in [6, 6.07) is 20.4. The van der Waals surface area contributed by atoms with E-state index < -0.39 is 30.5 Å². The topological polar surface area (TPSA) is 154 Å². The molecule has 44 heavy (non-hydrogen) atoms. The van der Waals surface area contributed by atoms with Gasteiger partial charge in [0.05, 0.1) is 29.7 Å². The molecule has 0 aliphatic heterocycles. The number of fused-ring (bicyclic) bond motifs is 1. The molecule has 3 aromatic carbocycles. The van der Waals surface area contributed by atoms with E-state index in [-0.39, 0.29) is 18.1 Å². The summed E-state index contributed by atoms with van der Waals surface area (Å²) in [5.74, 6) is -2.32. The average Bonchev–Trinajstić information content (AvgIpc) is 3.55. The van der Waals surface area contributed by atoms with E-state index >= 15 is 0 Å². The highest BCUT2D eigenvalue weighted by atomic mass is 16.7. The number of imidazole rings is 1. The summed E-state index contributed by atoms with van der Waals surface area (Å²) in [5, 5.41) is 3.92. The van der Waals surface area contributed by atoms with Crippen molar-refractivity contribution in [2.45, 2.75) is 34.0 Å². The third kappa shape index (κ3) is 6.36. The van der Waals surface area contributed by atoms with E-state index in [1.54, 1.807) is 34.9 Å². The van der Waals surface area contributed by atoms with Gasteiger partial charge in [-0.05, 0) is 35.7 Å². The van der Waals surface area contributed by atoms with Gasteiger partial charge in [-0.25, -0.2) is 14.2 Å². The van der Waals surface area contributed by atoms with Crippen LogP contribution in [0.2, 0.25) is 0 Å². The highest BCUT2D eigenvalue weighted by Gasteiger charge is 2.21.